The topological polar surface area (TPSA) is 43.6 Å². The highest BCUT2D eigenvalue weighted by atomic mass is 127. The lowest BCUT2D eigenvalue weighted by atomic mass is 10.3. The summed E-state index contributed by atoms with van der Waals surface area (Å²) in [4.78, 5) is 15.4. The lowest BCUT2D eigenvalue weighted by Gasteiger charge is -1.93. The molecule has 4 nitrogen and oxygen atoms in total. The molecule has 0 fully saturated rings. The average molecular weight is 316 g/mol. The second-order valence-corrected chi connectivity index (χ2v) is 4.34. The highest BCUT2D eigenvalue weighted by molar-refractivity contribution is 14.1. The van der Waals surface area contributed by atoms with Crippen LogP contribution in [0.1, 0.15) is 5.69 Å². The van der Waals surface area contributed by atoms with Crippen LogP contribution >= 0.6 is 22.6 Å². The molecule has 2 aromatic rings. The van der Waals surface area contributed by atoms with Gasteiger partial charge in [0.25, 0.3) is 0 Å². The van der Waals surface area contributed by atoms with Crippen molar-refractivity contribution in [1.82, 2.24) is 9.38 Å². The Hall–Kier alpha value is -1.11. The molecule has 15 heavy (non-hydrogen) atoms. The van der Waals surface area contributed by atoms with Gasteiger partial charge in [0.2, 0.25) is 0 Å². The summed E-state index contributed by atoms with van der Waals surface area (Å²) < 4.78 is 7.61. The van der Waals surface area contributed by atoms with Crippen molar-refractivity contribution in [2.24, 2.45) is 0 Å². The monoisotopic (exact) mass is 316 g/mol. The number of rotatable bonds is 2. The van der Waals surface area contributed by atoms with Crippen molar-refractivity contribution >= 4 is 34.2 Å². The third-order valence-corrected chi connectivity index (χ3v) is 2.66. The van der Waals surface area contributed by atoms with E-state index in [1.165, 1.54) is 7.11 Å². The molecular formula is C10H9IN2O2. The molecule has 0 aromatic carbocycles. The van der Waals surface area contributed by atoms with E-state index in [-0.39, 0.29) is 12.4 Å². The zero-order valence-corrected chi connectivity index (χ0v) is 10.3. The number of hydrogen-bond donors (Lipinski definition) is 0. The predicted octanol–water partition coefficient (Wildman–Crippen LogP) is 1.65. The number of halogens is 1. The minimum Gasteiger partial charge on any atom is -0.469 e. The Labute approximate surface area is 100 Å². The Bertz CT molecular complexity index is 507. The molecular weight excluding hydrogens is 307 g/mol. The molecule has 0 radical (unpaired) electrons. The van der Waals surface area contributed by atoms with Gasteiger partial charge in [0.15, 0.2) is 0 Å². The normalized spacial score (nSPS) is 10.5. The van der Waals surface area contributed by atoms with Crippen LogP contribution in [0, 0.1) is 3.57 Å². The molecule has 0 amide bonds. The average Bonchev–Trinajstić information content (AvgIpc) is 2.59. The Kier molecular flexibility index (Phi) is 2.90. The number of carbonyl (C=O) groups is 1. The van der Waals surface area contributed by atoms with Crippen LogP contribution in [0.25, 0.3) is 5.65 Å². The summed E-state index contributed by atoms with van der Waals surface area (Å²) in [5.74, 6) is -0.270. The summed E-state index contributed by atoms with van der Waals surface area (Å²) in [7, 11) is 1.38. The zero-order valence-electron chi connectivity index (χ0n) is 8.11. The number of nitrogens with zero attached hydrogens (tertiary/aromatic N) is 2. The second kappa shape index (κ2) is 4.18. The van der Waals surface area contributed by atoms with E-state index in [0.717, 1.165) is 14.9 Å². The van der Waals surface area contributed by atoms with Gasteiger partial charge in [-0.15, -0.1) is 0 Å². The van der Waals surface area contributed by atoms with Gasteiger partial charge in [-0.05, 0) is 34.7 Å². The lowest BCUT2D eigenvalue weighted by molar-refractivity contribution is -0.139. The van der Waals surface area contributed by atoms with Crippen molar-refractivity contribution in [3.63, 3.8) is 0 Å². The summed E-state index contributed by atoms with van der Waals surface area (Å²) in [6.45, 7) is 0. The van der Waals surface area contributed by atoms with Crippen molar-refractivity contribution in [3.05, 3.63) is 33.8 Å². The summed E-state index contributed by atoms with van der Waals surface area (Å²) in [5, 5.41) is 0. The molecule has 2 rings (SSSR count). The highest BCUT2D eigenvalue weighted by Crippen LogP contribution is 2.10. The van der Waals surface area contributed by atoms with Crippen molar-refractivity contribution in [3.8, 4) is 0 Å². The van der Waals surface area contributed by atoms with Crippen LogP contribution in [0.4, 0.5) is 0 Å². The Morgan fingerprint density at radius 2 is 2.33 bits per heavy atom. The fraction of sp³-hybridized carbons (Fsp3) is 0.200. The highest BCUT2D eigenvalue weighted by Gasteiger charge is 2.07. The zero-order chi connectivity index (χ0) is 10.8. The standard InChI is InChI=1S/C10H9IN2O2/c1-15-10(14)4-8-6-13-5-7(11)2-3-9(13)12-8/h2-3,5-6H,4H2,1H3. The smallest absolute Gasteiger partial charge is 0.311 e. The summed E-state index contributed by atoms with van der Waals surface area (Å²) in [6.07, 6.45) is 4.02. The van der Waals surface area contributed by atoms with Gasteiger partial charge in [-0.2, -0.15) is 0 Å². The maximum absolute atomic E-state index is 11.1. The number of esters is 1. The molecule has 0 atom stereocenters. The van der Waals surface area contributed by atoms with Gasteiger partial charge in [0.05, 0.1) is 19.2 Å². The van der Waals surface area contributed by atoms with E-state index in [1.807, 2.05) is 28.9 Å². The molecule has 0 bridgehead atoms. The van der Waals surface area contributed by atoms with Crippen molar-refractivity contribution in [2.75, 3.05) is 7.11 Å². The van der Waals surface area contributed by atoms with Crippen LogP contribution in [0.3, 0.4) is 0 Å². The lowest BCUT2D eigenvalue weighted by Crippen LogP contribution is -2.04. The van der Waals surface area contributed by atoms with Crippen molar-refractivity contribution < 1.29 is 9.53 Å². The first-order valence-corrected chi connectivity index (χ1v) is 5.47. The summed E-state index contributed by atoms with van der Waals surface area (Å²) in [5.41, 5.74) is 1.57. The molecule has 0 aliphatic carbocycles. The largest absolute Gasteiger partial charge is 0.469 e. The number of pyridine rings is 1. The van der Waals surface area contributed by atoms with E-state index < -0.39 is 0 Å². The van der Waals surface area contributed by atoms with Crippen molar-refractivity contribution in [1.29, 1.82) is 0 Å². The number of ether oxygens (including phenoxy) is 1. The Morgan fingerprint density at radius 1 is 1.53 bits per heavy atom. The van der Waals surface area contributed by atoms with Crippen LogP contribution in [-0.2, 0) is 16.0 Å². The molecule has 0 saturated carbocycles. The second-order valence-electron chi connectivity index (χ2n) is 3.10. The fourth-order valence-corrected chi connectivity index (χ4v) is 1.80. The van der Waals surface area contributed by atoms with E-state index in [2.05, 4.69) is 32.3 Å². The van der Waals surface area contributed by atoms with Crippen LogP contribution in [0.15, 0.2) is 24.5 Å². The summed E-state index contributed by atoms with van der Waals surface area (Å²) >= 11 is 2.23. The fourth-order valence-electron chi connectivity index (χ4n) is 1.32. The van der Waals surface area contributed by atoms with Gasteiger partial charge in [-0.25, -0.2) is 4.98 Å². The SMILES string of the molecule is COC(=O)Cc1cn2cc(I)ccc2n1. The van der Waals surface area contributed by atoms with Crippen LogP contribution < -0.4 is 0 Å². The predicted molar refractivity (Wildman–Crippen MR) is 63.6 cm³/mol. The number of methoxy groups -OCH3 is 1. The molecule has 0 spiro atoms. The maximum Gasteiger partial charge on any atom is 0.311 e. The van der Waals surface area contributed by atoms with E-state index in [0.29, 0.717) is 0 Å². The molecule has 0 aliphatic rings. The van der Waals surface area contributed by atoms with E-state index in [4.69, 9.17) is 0 Å². The first-order valence-electron chi connectivity index (χ1n) is 4.39. The first kappa shape index (κ1) is 10.4. The van der Waals surface area contributed by atoms with Crippen LogP contribution in [0.5, 0.6) is 0 Å². The van der Waals surface area contributed by atoms with Gasteiger partial charge < -0.3 is 9.14 Å². The van der Waals surface area contributed by atoms with Crippen LogP contribution in [0.2, 0.25) is 0 Å². The number of fused-ring (bicyclic) bond motifs is 1. The Morgan fingerprint density at radius 3 is 3.07 bits per heavy atom. The number of aromatic nitrogens is 2. The molecule has 0 N–H and O–H groups in total. The molecule has 5 heteroatoms. The minimum absolute atomic E-state index is 0.217. The first-order chi connectivity index (χ1) is 7.19. The van der Waals surface area contributed by atoms with Gasteiger partial charge in [-0.3, -0.25) is 4.79 Å². The molecule has 0 aliphatic heterocycles. The van der Waals surface area contributed by atoms with E-state index in [9.17, 15) is 4.79 Å². The van der Waals surface area contributed by atoms with E-state index in [1.54, 1.807) is 0 Å². The van der Waals surface area contributed by atoms with Gasteiger partial charge in [-0.1, -0.05) is 0 Å². The molecule has 78 valence electrons. The van der Waals surface area contributed by atoms with Gasteiger partial charge >= 0.3 is 5.97 Å². The quantitative estimate of drug-likeness (QED) is 0.625. The molecule has 2 heterocycles. The number of hydrogen-bond acceptors (Lipinski definition) is 3. The molecule has 0 unspecified atom stereocenters. The number of carbonyl (C=O) groups excluding carboxylic acids is 1. The minimum atomic E-state index is -0.270. The Balaban J connectivity index is 2.34. The van der Waals surface area contributed by atoms with Gasteiger partial charge in [0.1, 0.15) is 5.65 Å². The van der Waals surface area contributed by atoms with E-state index >= 15 is 0 Å². The maximum atomic E-state index is 11.1. The van der Waals surface area contributed by atoms with Gasteiger partial charge in [0, 0.05) is 16.0 Å². The van der Waals surface area contributed by atoms with Crippen molar-refractivity contribution in [2.45, 2.75) is 6.42 Å². The third kappa shape index (κ3) is 2.28. The summed E-state index contributed by atoms with van der Waals surface area (Å²) in [6, 6.07) is 3.90. The van der Waals surface area contributed by atoms with Crippen LogP contribution in [-0.4, -0.2) is 22.5 Å². The molecule has 0 saturated heterocycles. The molecule has 2 aromatic heterocycles. The number of imidazole rings is 1. The third-order valence-electron chi connectivity index (χ3n) is 2.02.